The minimum Gasteiger partial charge on any atom is -0.368 e. The SMILES string of the molecule is CC1CCCCCN1c1ccc([C@H](C)N)nc1. The van der Waals surface area contributed by atoms with Crippen LogP contribution in [0.25, 0.3) is 0 Å². The highest BCUT2D eigenvalue weighted by Crippen LogP contribution is 2.23. The first-order valence-corrected chi connectivity index (χ1v) is 6.66. The summed E-state index contributed by atoms with van der Waals surface area (Å²) >= 11 is 0. The van der Waals surface area contributed by atoms with Gasteiger partial charge in [-0.15, -0.1) is 0 Å². The summed E-state index contributed by atoms with van der Waals surface area (Å²) in [6, 6.07) is 4.86. The molecule has 3 nitrogen and oxygen atoms in total. The summed E-state index contributed by atoms with van der Waals surface area (Å²) in [6.07, 6.45) is 7.25. The fraction of sp³-hybridized carbons (Fsp3) is 0.643. The van der Waals surface area contributed by atoms with E-state index >= 15 is 0 Å². The molecule has 1 saturated heterocycles. The summed E-state index contributed by atoms with van der Waals surface area (Å²) in [5, 5.41) is 0. The van der Waals surface area contributed by atoms with E-state index in [0.29, 0.717) is 6.04 Å². The molecule has 0 spiro atoms. The summed E-state index contributed by atoms with van der Waals surface area (Å²) < 4.78 is 0. The van der Waals surface area contributed by atoms with Crippen LogP contribution < -0.4 is 10.6 Å². The lowest BCUT2D eigenvalue weighted by Crippen LogP contribution is -2.32. The number of rotatable bonds is 2. The second kappa shape index (κ2) is 5.50. The molecule has 2 atom stereocenters. The zero-order valence-electron chi connectivity index (χ0n) is 10.9. The maximum atomic E-state index is 5.82. The summed E-state index contributed by atoms with van der Waals surface area (Å²) in [5.74, 6) is 0. The van der Waals surface area contributed by atoms with Crippen LogP contribution in [0.5, 0.6) is 0 Å². The van der Waals surface area contributed by atoms with Gasteiger partial charge in [-0.05, 0) is 38.8 Å². The Labute approximate surface area is 104 Å². The van der Waals surface area contributed by atoms with Crippen LogP contribution in [0.2, 0.25) is 0 Å². The number of hydrogen-bond acceptors (Lipinski definition) is 3. The van der Waals surface area contributed by atoms with Crippen molar-refractivity contribution in [3.63, 3.8) is 0 Å². The van der Waals surface area contributed by atoms with Gasteiger partial charge in [-0.3, -0.25) is 4.98 Å². The molecule has 1 aromatic rings. The third kappa shape index (κ3) is 2.97. The Morgan fingerprint density at radius 1 is 1.35 bits per heavy atom. The van der Waals surface area contributed by atoms with Gasteiger partial charge in [0.1, 0.15) is 0 Å². The molecule has 0 aromatic carbocycles. The smallest absolute Gasteiger partial charge is 0.0569 e. The fourth-order valence-electron chi connectivity index (χ4n) is 2.50. The molecule has 0 radical (unpaired) electrons. The molecule has 2 heterocycles. The molecule has 1 aliphatic heterocycles. The van der Waals surface area contributed by atoms with Crippen molar-refractivity contribution < 1.29 is 0 Å². The molecule has 94 valence electrons. The monoisotopic (exact) mass is 233 g/mol. The van der Waals surface area contributed by atoms with E-state index in [1.54, 1.807) is 0 Å². The molecule has 0 saturated carbocycles. The Kier molecular flexibility index (Phi) is 4.00. The largest absolute Gasteiger partial charge is 0.368 e. The first kappa shape index (κ1) is 12.4. The lowest BCUT2D eigenvalue weighted by molar-refractivity contribution is 0.615. The average Bonchev–Trinajstić information content (AvgIpc) is 2.54. The highest BCUT2D eigenvalue weighted by molar-refractivity contribution is 5.45. The standard InChI is InChI=1S/C14H23N3/c1-11-6-4-3-5-9-17(11)13-7-8-14(12(2)15)16-10-13/h7-8,10-12H,3-6,9,15H2,1-2H3/t11?,12-/m0/s1. The maximum Gasteiger partial charge on any atom is 0.0569 e. The molecular weight excluding hydrogens is 210 g/mol. The van der Waals surface area contributed by atoms with Gasteiger partial charge in [-0.1, -0.05) is 12.8 Å². The van der Waals surface area contributed by atoms with Gasteiger partial charge in [0.25, 0.3) is 0 Å². The lowest BCUT2D eigenvalue weighted by atomic mass is 10.1. The van der Waals surface area contributed by atoms with Crippen molar-refractivity contribution in [2.75, 3.05) is 11.4 Å². The number of nitrogens with zero attached hydrogens (tertiary/aromatic N) is 2. The van der Waals surface area contributed by atoms with Crippen LogP contribution in [0.4, 0.5) is 5.69 Å². The van der Waals surface area contributed by atoms with Crippen molar-refractivity contribution >= 4 is 5.69 Å². The van der Waals surface area contributed by atoms with Gasteiger partial charge < -0.3 is 10.6 Å². The van der Waals surface area contributed by atoms with Gasteiger partial charge in [0.05, 0.1) is 17.6 Å². The van der Waals surface area contributed by atoms with Crippen LogP contribution in [-0.2, 0) is 0 Å². The molecule has 1 fully saturated rings. The first-order chi connectivity index (χ1) is 8.18. The minimum atomic E-state index is 0.0191. The molecule has 17 heavy (non-hydrogen) atoms. The zero-order chi connectivity index (χ0) is 12.3. The van der Waals surface area contributed by atoms with Crippen molar-refractivity contribution in [1.29, 1.82) is 0 Å². The molecule has 3 heteroatoms. The number of nitrogens with two attached hydrogens (primary N) is 1. The van der Waals surface area contributed by atoms with Crippen molar-refractivity contribution in [1.82, 2.24) is 4.98 Å². The summed E-state index contributed by atoms with van der Waals surface area (Å²) in [6.45, 7) is 5.43. The van der Waals surface area contributed by atoms with Crippen molar-refractivity contribution in [3.05, 3.63) is 24.0 Å². The maximum absolute atomic E-state index is 5.82. The van der Waals surface area contributed by atoms with Crippen molar-refractivity contribution in [3.8, 4) is 0 Å². The normalized spacial score (nSPS) is 23.2. The highest BCUT2D eigenvalue weighted by atomic mass is 15.2. The minimum absolute atomic E-state index is 0.0191. The summed E-state index contributed by atoms with van der Waals surface area (Å²) in [5.41, 5.74) is 8.03. The lowest BCUT2D eigenvalue weighted by Gasteiger charge is -2.29. The second-order valence-electron chi connectivity index (χ2n) is 5.12. The van der Waals surface area contributed by atoms with E-state index in [0.717, 1.165) is 12.2 Å². The van der Waals surface area contributed by atoms with Gasteiger partial charge >= 0.3 is 0 Å². The second-order valence-corrected chi connectivity index (χ2v) is 5.12. The van der Waals surface area contributed by atoms with Gasteiger partial charge in [0.2, 0.25) is 0 Å². The average molecular weight is 233 g/mol. The van der Waals surface area contributed by atoms with Crippen molar-refractivity contribution in [2.45, 2.75) is 51.6 Å². The van der Waals surface area contributed by atoms with E-state index in [2.05, 4.69) is 28.9 Å². The summed E-state index contributed by atoms with van der Waals surface area (Å²) in [4.78, 5) is 6.93. The Hall–Kier alpha value is -1.09. The van der Waals surface area contributed by atoms with E-state index in [1.807, 2.05) is 13.1 Å². The van der Waals surface area contributed by atoms with Gasteiger partial charge in [0.15, 0.2) is 0 Å². The Bertz CT molecular complexity index is 345. The predicted molar refractivity (Wildman–Crippen MR) is 72.1 cm³/mol. The third-order valence-corrected chi connectivity index (χ3v) is 3.62. The summed E-state index contributed by atoms with van der Waals surface area (Å²) in [7, 11) is 0. The third-order valence-electron chi connectivity index (χ3n) is 3.62. The van der Waals surface area contributed by atoms with E-state index in [-0.39, 0.29) is 6.04 Å². The molecule has 0 bridgehead atoms. The molecular formula is C14H23N3. The number of aromatic nitrogens is 1. The van der Waals surface area contributed by atoms with E-state index in [9.17, 15) is 0 Å². The number of pyridine rings is 1. The Morgan fingerprint density at radius 2 is 2.18 bits per heavy atom. The zero-order valence-corrected chi connectivity index (χ0v) is 10.9. The Morgan fingerprint density at radius 3 is 2.82 bits per heavy atom. The topological polar surface area (TPSA) is 42.1 Å². The van der Waals surface area contributed by atoms with E-state index < -0.39 is 0 Å². The van der Waals surface area contributed by atoms with Gasteiger partial charge in [0, 0.05) is 18.6 Å². The van der Waals surface area contributed by atoms with Gasteiger partial charge in [-0.25, -0.2) is 0 Å². The van der Waals surface area contributed by atoms with Crippen LogP contribution in [-0.4, -0.2) is 17.6 Å². The number of anilines is 1. The van der Waals surface area contributed by atoms with Crippen LogP contribution >= 0.6 is 0 Å². The quantitative estimate of drug-likeness (QED) is 0.854. The molecule has 2 N–H and O–H groups in total. The van der Waals surface area contributed by atoms with Crippen LogP contribution in [0.1, 0.15) is 51.3 Å². The molecule has 1 aromatic heterocycles. The molecule has 0 aliphatic carbocycles. The van der Waals surface area contributed by atoms with Crippen LogP contribution in [0, 0.1) is 0 Å². The van der Waals surface area contributed by atoms with E-state index in [4.69, 9.17) is 5.73 Å². The molecule has 2 rings (SSSR count). The van der Waals surface area contributed by atoms with Crippen LogP contribution in [0.3, 0.4) is 0 Å². The van der Waals surface area contributed by atoms with Crippen molar-refractivity contribution in [2.24, 2.45) is 5.73 Å². The fourth-order valence-corrected chi connectivity index (χ4v) is 2.50. The van der Waals surface area contributed by atoms with Gasteiger partial charge in [-0.2, -0.15) is 0 Å². The first-order valence-electron chi connectivity index (χ1n) is 6.66. The molecule has 1 unspecified atom stereocenters. The number of hydrogen-bond donors (Lipinski definition) is 1. The molecule has 0 amide bonds. The Balaban J connectivity index is 2.14. The predicted octanol–water partition coefficient (Wildman–Crippen LogP) is 2.87. The molecule has 1 aliphatic rings. The van der Waals surface area contributed by atoms with E-state index in [1.165, 1.54) is 31.4 Å². The van der Waals surface area contributed by atoms with Crippen LogP contribution in [0.15, 0.2) is 18.3 Å². The highest BCUT2D eigenvalue weighted by Gasteiger charge is 2.17.